The van der Waals surface area contributed by atoms with Crippen LogP contribution in [-0.2, 0) is 11.3 Å². The number of aliphatic imine (C=N–C) groups is 1. The van der Waals surface area contributed by atoms with Gasteiger partial charge in [-0.1, -0.05) is 49.4 Å². The van der Waals surface area contributed by atoms with Crippen LogP contribution in [0.3, 0.4) is 0 Å². The van der Waals surface area contributed by atoms with Gasteiger partial charge in [0, 0.05) is 25.1 Å². The average Bonchev–Trinajstić information content (AvgIpc) is 2.67. The highest BCUT2D eigenvalue weighted by Crippen LogP contribution is 2.22. The van der Waals surface area contributed by atoms with E-state index in [0.717, 1.165) is 22.5 Å². The van der Waals surface area contributed by atoms with Gasteiger partial charge < -0.3 is 10.6 Å². The summed E-state index contributed by atoms with van der Waals surface area (Å²) in [5.74, 6) is 0.508. The molecule has 0 radical (unpaired) electrons. The maximum Gasteiger partial charge on any atom is 0.240 e. The van der Waals surface area contributed by atoms with Crippen molar-refractivity contribution in [2.24, 2.45) is 21.7 Å². The minimum atomic E-state index is -0.0427. The van der Waals surface area contributed by atoms with Crippen LogP contribution in [0.1, 0.15) is 24.5 Å². The van der Waals surface area contributed by atoms with Crippen molar-refractivity contribution in [3.05, 3.63) is 65.7 Å². The molecule has 1 aliphatic heterocycles. The van der Waals surface area contributed by atoms with E-state index in [4.69, 9.17) is 5.73 Å². The number of nitrogens with two attached hydrogens (primary N) is 1. The fourth-order valence-electron chi connectivity index (χ4n) is 3.01. The van der Waals surface area contributed by atoms with E-state index in [0.29, 0.717) is 18.9 Å². The van der Waals surface area contributed by atoms with E-state index in [1.165, 1.54) is 0 Å². The molecule has 2 aromatic carbocycles. The minimum absolute atomic E-state index is 0.0427. The second-order valence-corrected chi connectivity index (χ2v) is 6.34. The van der Waals surface area contributed by atoms with E-state index in [1.807, 2.05) is 54.3 Å². The Kier molecular flexibility index (Phi) is 5.31. The molecule has 0 saturated carbocycles. The molecule has 3 N–H and O–H groups in total. The maximum atomic E-state index is 11.4. The van der Waals surface area contributed by atoms with Gasteiger partial charge in [-0.2, -0.15) is 5.10 Å². The third-order valence-corrected chi connectivity index (χ3v) is 4.42. The van der Waals surface area contributed by atoms with Crippen LogP contribution >= 0.6 is 0 Å². The molecule has 1 heterocycles. The van der Waals surface area contributed by atoms with Crippen molar-refractivity contribution in [2.45, 2.75) is 19.9 Å². The van der Waals surface area contributed by atoms with Crippen molar-refractivity contribution in [3.63, 3.8) is 0 Å². The number of nitrogens with zero attached hydrogens (tertiary/aromatic N) is 3. The molecule has 26 heavy (non-hydrogen) atoms. The van der Waals surface area contributed by atoms with Crippen molar-refractivity contribution in [1.29, 1.82) is 0 Å². The number of benzene rings is 2. The number of hydrogen-bond donors (Lipinski definition) is 2. The molecule has 3 rings (SSSR count). The molecule has 2 aromatic rings. The van der Waals surface area contributed by atoms with Crippen LogP contribution in [0.2, 0.25) is 0 Å². The second-order valence-electron chi connectivity index (χ2n) is 6.34. The Labute approximate surface area is 153 Å². The molecule has 1 aliphatic rings. The number of carbonyl (C=O) groups excluding carboxylic acids is 1. The number of rotatable bonds is 4. The average molecular weight is 349 g/mol. The number of hydrazone groups is 1. The van der Waals surface area contributed by atoms with Crippen molar-refractivity contribution in [2.75, 3.05) is 11.9 Å². The van der Waals surface area contributed by atoms with Gasteiger partial charge in [-0.3, -0.25) is 9.79 Å². The zero-order valence-corrected chi connectivity index (χ0v) is 15.0. The number of carbonyl (C=O) groups is 1. The molecule has 0 spiro atoms. The molecular weight excluding hydrogens is 326 g/mol. The predicted molar refractivity (Wildman–Crippen MR) is 105 cm³/mol. The lowest BCUT2D eigenvalue weighted by atomic mass is 9.94. The lowest BCUT2D eigenvalue weighted by Gasteiger charge is -2.24. The number of guanidine groups is 1. The van der Waals surface area contributed by atoms with Gasteiger partial charge in [-0.05, 0) is 23.3 Å². The summed E-state index contributed by atoms with van der Waals surface area (Å²) < 4.78 is 0. The SMILES string of the molecule is CN=C(N)N(Cc1ccccc1)c1ccc(C2=NNC(=O)CC2C)cc1. The summed E-state index contributed by atoms with van der Waals surface area (Å²) in [5, 5.41) is 4.21. The quantitative estimate of drug-likeness (QED) is 0.657. The highest BCUT2D eigenvalue weighted by molar-refractivity contribution is 6.06. The molecule has 134 valence electrons. The van der Waals surface area contributed by atoms with E-state index < -0.39 is 0 Å². The topological polar surface area (TPSA) is 83.1 Å². The van der Waals surface area contributed by atoms with E-state index in [9.17, 15) is 4.79 Å². The first kappa shape index (κ1) is 17.7. The van der Waals surface area contributed by atoms with Gasteiger partial charge in [0.2, 0.25) is 5.91 Å². The third kappa shape index (κ3) is 3.91. The molecule has 0 bridgehead atoms. The van der Waals surface area contributed by atoms with Gasteiger partial charge in [0.1, 0.15) is 0 Å². The Hall–Kier alpha value is -3.15. The van der Waals surface area contributed by atoms with Crippen LogP contribution in [0.15, 0.2) is 64.7 Å². The maximum absolute atomic E-state index is 11.4. The first-order valence-corrected chi connectivity index (χ1v) is 8.59. The van der Waals surface area contributed by atoms with Crippen molar-refractivity contribution in [1.82, 2.24) is 5.43 Å². The summed E-state index contributed by atoms with van der Waals surface area (Å²) in [5.41, 5.74) is 12.7. The Morgan fingerprint density at radius 2 is 1.92 bits per heavy atom. The van der Waals surface area contributed by atoms with Gasteiger partial charge in [0.15, 0.2) is 5.96 Å². The third-order valence-electron chi connectivity index (χ3n) is 4.42. The fraction of sp³-hybridized carbons (Fsp3) is 0.250. The van der Waals surface area contributed by atoms with Gasteiger partial charge in [0.25, 0.3) is 0 Å². The second kappa shape index (κ2) is 7.82. The van der Waals surface area contributed by atoms with E-state index in [-0.39, 0.29) is 11.8 Å². The van der Waals surface area contributed by atoms with Gasteiger partial charge >= 0.3 is 0 Å². The first-order chi connectivity index (χ1) is 12.6. The first-order valence-electron chi connectivity index (χ1n) is 8.59. The molecular formula is C20H23N5O. The Bertz CT molecular complexity index is 827. The molecule has 6 nitrogen and oxygen atoms in total. The van der Waals surface area contributed by atoms with Crippen LogP contribution in [0.25, 0.3) is 0 Å². The zero-order valence-electron chi connectivity index (χ0n) is 15.0. The van der Waals surface area contributed by atoms with Gasteiger partial charge in [-0.25, -0.2) is 5.43 Å². The molecule has 6 heteroatoms. The minimum Gasteiger partial charge on any atom is -0.370 e. The molecule has 1 amide bonds. The van der Waals surface area contributed by atoms with Crippen molar-refractivity contribution in [3.8, 4) is 0 Å². The monoisotopic (exact) mass is 349 g/mol. The lowest BCUT2D eigenvalue weighted by Crippen LogP contribution is -2.37. The predicted octanol–water partition coefficient (Wildman–Crippen LogP) is 2.50. The summed E-state index contributed by atoms with van der Waals surface area (Å²) in [6, 6.07) is 18.1. The molecule has 0 fully saturated rings. The summed E-state index contributed by atoms with van der Waals surface area (Å²) in [6.07, 6.45) is 0.455. The summed E-state index contributed by atoms with van der Waals surface area (Å²) in [7, 11) is 1.68. The van der Waals surface area contributed by atoms with Gasteiger partial charge in [0.05, 0.1) is 12.3 Å². The molecule has 0 saturated heterocycles. The molecule has 1 unspecified atom stereocenters. The van der Waals surface area contributed by atoms with Crippen LogP contribution in [-0.4, -0.2) is 24.6 Å². The van der Waals surface area contributed by atoms with Crippen molar-refractivity contribution < 1.29 is 4.79 Å². The number of hydrogen-bond acceptors (Lipinski definition) is 3. The fourth-order valence-corrected chi connectivity index (χ4v) is 3.01. The van der Waals surface area contributed by atoms with Crippen LogP contribution in [0.4, 0.5) is 5.69 Å². The number of nitrogens with one attached hydrogen (secondary N) is 1. The molecule has 0 aliphatic carbocycles. The van der Waals surface area contributed by atoms with Crippen molar-refractivity contribution >= 4 is 23.3 Å². The van der Waals surface area contributed by atoms with Crippen LogP contribution in [0, 0.1) is 5.92 Å². The largest absolute Gasteiger partial charge is 0.370 e. The Morgan fingerprint density at radius 3 is 2.54 bits per heavy atom. The Balaban J connectivity index is 1.85. The summed E-state index contributed by atoms with van der Waals surface area (Å²) in [4.78, 5) is 17.5. The highest BCUT2D eigenvalue weighted by atomic mass is 16.2. The van der Waals surface area contributed by atoms with Crippen LogP contribution < -0.4 is 16.1 Å². The lowest BCUT2D eigenvalue weighted by molar-refractivity contribution is -0.121. The molecule has 0 aromatic heterocycles. The normalized spacial score (nSPS) is 17.5. The smallest absolute Gasteiger partial charge is 0.240 e. The van der Waals surface area contributed by atoms with E-state index in [2.05, 4.69) is 27.7 Å². The van der Waals surface area contributed by atoms with E-state index in [1.54, 1.807) is 7.05 Å². The zero-order chi connectivity index (χ0) is 18.5. The van der Waals surface area contributed by atoms with Crippen LogP contribution in [0.5, 0.6) is 0 Å². The number of anilines is 1. The summed E-state index contributed by atoms with van der Waals surface area (Å²) in [6.45, 7) is 2.64. The highest BCUT2D eigenvalue weighted by Gasteiger charge is 2.21. The molecule has 1 atom stereocenters. The standard InChI is InChI=1S/C20H23N5O/c1-14-12-18(26)23-24-19(14)16-8-10-17(11-9-16)25(20(21)22-2)13-15-6-4-3-5-7-15/h3-11,14H,12-13H2,1-2H3,(H2,21,22)(H,23,26). The number of amides is 1. The Morgan fingerprint density at radius 1 is 1.23 bits per heavy atom. The summed E-state index contributed by atoms with van der Waals surface area (Å²) >= 11 is 0. The van der Waals surface area contributed by atoms with E-state index >= 15 is 0 Å². The van der Waals surface area contributed by atoms with Gasteiger partial charge in [-0.15, -0.1) is 0 Å².